The highest BCUT2D eigenvalue weighted by Gasteiger charge is 2.40. The van der Waals surface area contributed by atoms with Crippen LogP contribution in [-0.2, 0) is 25.8 Å². The second-order valence-corrected chi connectivity index (χ2v) is 13.5. The molecule has 0 saturated carbocycles. The topological polar surface area (TPSA) is 101 Å². The number of ether oxygens (including phenoxy) is 1. The lowest BCUT2D eigenvalue weighted by molar-refractivity contribution is -0.924. The van der Waals surface area contributed by atoms with Gasteiger partial charge < -0.3 is 4.74 Å². The third-order valence-corrected chi connectivity index (χ3v) is 8.45. The average molecular weight is 548 g/mol. The smallest absolute Gasteiger partial charge is 0.360 e. The second kappa shape index (κ2) is 11.0. The monoisotopic (exact) mass is 547 g/mol. The number of thioether (sulfide) groups is 1. The summed E-state index contributed by atoms with van der Waals surface area (Å²) >= 11 is 1.51. The van der Waals surface area contributed by atoms with Crippen LogP contribution in [0.2, 0.25) is 0 Å². The van der Waals surface area contributed by atoms with Gasteiger partial charge in [-0.05, 0) is 69.4 Å². The van der Waals surface area contributed by atoms with Crippen LogP contribution >= 0.6 is 11.8 Å². The predicted octanol–water partition coefficient (Wildman–Crippen LogP) is 4.77. The van der Waals surface area contributed by atoms with Crippen molar-refractivity contribution in [3.63, 3.8) is 0 Å². The van der Waals surface area contributed by atoms with Crippen LogP contribution in [-0.4, -0.2) is 59.7 Å². The summed E-state index contributed by atoms with van der Waals surface area (Å²) in [5.74, 6) is 0.756. The van der Waals surface area contributed by atoms with Crippen LogP contribution < -0.4 is 0 Å². The number of aromatic nitrogens is 1. The molecule has 0 bridgehead atoms. The molecule has 2 atom stereocenters. The van der Waals surface area contributed by atoms with Gasteiger partial charge in [-0.3, -0.25) is 0 Å². The molecule has 1 saturated heterocycles. The lowest BCUT2D eigenvalue weighted by Crippen LogP contribution is -2.44. The quantitative estimate of drug-likeness (QED) is 0.436. The van der Waals surface area contributed by atoms with Crippen molar-refractivity contribution in [2.75, 3.05) is 19.3 Å². The first-order valence-corrected chi connectivity index (χ1v) is 15.3. The Balaban J connectivity index is 1.51. The molecule has 1 fully saturated rings. The van der Waals surface area contributed by atoms with E-state index in [4.69, 9.17) is 14.6 Å². The molecular formula is C26H35N4O5S2+. The lowest BCUT2D eigenvalue weighted by Gasteiger charge is -2.26. The molecule has 1 aromatic carbocycles. The molecule has 9 nitrogen and oxygen atoms in total. The molecule has 0 radical (unpaired) electrons. The standard InChI is InChI=1S/C26H35N4O5S2/c1-6-18-7-12-22(27-17-18)36-25-23(19-8-10-21(11-9-19)37(5,32)33)28-24(34-25)20-13-15-29(16-14-20)30(31)35-26(2,3)4/h7-12,17,20,23,25H,6,13-16H2,1-5H3/q+1. The number of rotatable bonds is 8. The Morgan fingerprint density at radius 2 is 1.81 bits per heavy atom. The van der Waals surface area contributed by atoms with Gasteiger partial charge in [0.25, 0.3) is 0 Å². The van der Waals surface area contributed by atoms with E-state index in [9.17, 15) is 13.3 Å². The van der Waals surface area contributed by atoms with Gasteiger partial charge >= 0.3 is 5.03 Å². The first-order chi connectivity index (χ1) is 17.4. The number of aryl methyl sites for hydroxylation is 1. The first-order valence-electron chi connectivity index (χ1n) is 12.5. The van der Waals surface area contributed by atoms with Crippen LogP contribution in [0.5, 0.6) is 0 Å². The van der Waals surface area contributed by atoms with Gasteiger partial charge in [-0.25, -0.2) is 18.4 Å². The Kier molecular flexibility index (Phi) is 8.13. The fraction of sp³-hybridized carbons (Fsp3) is 0.538. The summed E-state index contributed by atoms with van der Waals surface area (Å²) in [6.07, 6.45) is 5.42. The zero-order chi connectivity index (χ0) is 26.8. The van der Waals surface area contributed by atoms with Crippen molar-refractivity contribution >= 4 is 27.5 Å². The lowest BCUT2D eigenvalue weighted by atomic mass is 9.97. The van der Waals surface area contributed by atoms with Crippen LogP contribution in [0.15, 0.2) is 57.5 Å². The van der Waals surface area contributed by atoms with Gasteiger partial charge in [0, 0.05) is 18.4 Å². The molecule has 2 unspecified atom stereocenters. The number of hydrogen-bond acceptors (Lipinski definition) is 8. The molecule has 2 aromatic rings. The maximum atomic E-state index is 12.4. The highest BCUT2D eigenvalue weighted by Crippen LogP contribution is 2.41. The largest absolute Gasteiger partial charge is 0.464 e. The van der Waals surface area contributed by atoms with Gasteiger partial charge in [0.05, 0.1) is 23.0 Å². The highest BCUT2D eigenvalue weighted by atomic mass is 32.2. The SMILES string of the molecule is CCc1ccc(SC2OC(C3CCN([N+](=O)OC(C)(C)C)CC3)=NC2c2ccc(S(C)(=O)=O)cc2)nc1. The Labute approximate surface area is 223 Å². The molecule has 4 rings (SSSR count). The van der Waals surface area contributed by atoms with Crippen molar-refractivity contribution in [1.29, 1.82) is 0 Å². The Morgan fingerprint density at radius 1 is 1.14 bits per heavy atom. The van der Waals surface area contributed by atoms with E-state index in [1.54, 1.807) is 29.3 Å². The molecule has 2 aliphatic rings. The molecule has 3 heterocycles. The van der Waals surface area contributed by atoms with E-state index in [0.717, 1.165) is 22.6 Å². The first kappa shape index (κ1) is 27.4. The molecule has 2 aliphatic heterocycles. The van der Waals surface area contributed by atoms with E-state index in [1.807, 2.05) is 33.0 Å². The number of hydrazine groups is 1. The molecular weight excluding hydrogens is 512 g/mol. The van der Waals surface area contributed by atoms with E-state index in [-0.39, 0.29) is 22.3 Å². The van der Waals surface area contributed by atoms with Crippen molar-refractivity contribution in [3.8, 4) is 0 Å². The summed E-state index contributed by atoms with van der Waals surface area (Å²) in [5, 5.41) is 3.10. The van der Waals surface area contributed by atoms with Crippen LogP contribution in [0.25, 0.3) is 0 Å². The molecule has 0 amide bonds. The Hall–Kier alpha value is -2.66. The van der Waals surface area contributed by atoms with Crippen LogP contribution in [0, 0.1) is 10.8 Å². The van der Waals surface area contributed by atoms with Gasteiger partial charge in [0.1, 0.15) is 10.9 Å². The van der Waals surface area contributed by atoms with E-state index in [2.05, 4.69) is 18.0 Å². The molecule has 37 heavy (non-hydrogen) atoms. The third kappa shape index (κ3) is 7.01. The van der Waals surface area contributed by atoms with Crippen molar-refractivity contribution in [2.24, 2.45) is 10.9 Å². The van der Waals surface area contributed by atoms with Gasteiger partial charge in [-0.15, -0.1) is 0 Å². The van der Waals surface area contributed by atoms with Crippen molar-refractivity contribution in [3.05, 3.63) is 58.6 Å². The average Bonchev–Trinajstić information content (AvgIpc) is 3.27. The van der Waals surface area contributed by atoms with Crippen LogP contribution in [0.1, 0.15) is 57.7 Å². The maximum absolute atomic E-state index is 12.4. The summed E-state index contributed by atoms with van der Waals surface area (Å²) in [7, 11) is -3.29. The van der Waals surface area contributed by atoms with E-state index in [0.29, 0.717) is 36.9 Å². The summed E-state index contributed by atoms with van der Waals surface area (Å²) in [6.45, 7) is 8.70. The molecule has 0 N–H and O–H groups in total. The molecule has 0 spiro atoms. The number of hydrogen-bond donors (Lipinski definition) is 0. The summed E-state index contributed by atoms with van der Waals surface area (Å²) < 4.78 is 30.3. The number of piperidine rings is 1. The highest BCUT2D eigenvalue weighted by molar-refractivity contribution is 7.99. The zero-order valence-corrected chi connectivity index (χ0v) is 23.6. The number of nitrogens with zero attached hydrogens (tertiary/aromatic N) is 4. The fourth-order valence-corrected chi connectivity index (χ4v) is 5.84. The minimum absolute atomic E-state index is 0.0816. The maximum Gasteiger partial charge on any atom is 0.360 e. The Bertz CT molecular complexity index is 1230. The third-order valence-electron chi connectivity index (χ3n) is 6.26. The predicted molar refractivity (Wildman–Crippen MR) is 143 cm³/mol. The van der Waals surface area contributed by atoms with Gasteiger partial charge in [-0.2, -0.15) is 4.84 Å². The van der Waals surface area contributed by atoms with E-state index in [1.165, 1.54) is 18.0 Å². The van der Waals surface area contributed by atoms with Crippen LogP contribution in [0.3, 0.4) is 0 Å². The normalized spacial score (nSPS) is 20.9. The number of pyridine rings is 1. The van der Waals surface area contributed by atoms with E-state index < -0.39 is 15.4 Å². The number of aliphatic imine (C=N–C) groups is 1. The summed E-state index contributed by atoms with van der Waals surface area (Å²) in [4.78, 5) is 27.6. The number of benzene rings is 1. The van der Waals surface area contributed by atoms with Crippen molar-refractivity contribution < 1.29 is 23.0 Å². The van der Waals surface area contributed by atoms with E-state index >= 15 is 0 Å². The Morgan fingerprint density at radius 3 is 2.35 bits per heavy atom. The molecule has 1 aromatic heterocycles. The summed E-state index contributed by atoms with van der Waals surface area (Å²) in [6, 6.07) is 10.6. The van der Waals surface area contributed by atoms with Crippen molar-refractivity contribution in [1.82, 2.24) is 9.99 Å². The molecule has 0 aliphatic carbocycles. The molecule has 200 valence electrons. The zero-order valence-electron chi connectivity index (χ0n) is 22.0. The summed E-state index contributed by atoms with van der Waals surface area (Å²) in [5.41, 5.74) is 1.14. The van der Waals surface area contributed by atoms with Crippen LogP contribution in [0.4, 0.5) is 0 Å². The van der Waals surface area contributed by atoms with Crippen molar-refractivity contribution in [2.45, 2.75) is 74.0 Å². The minimum atomic E-state index is -3.29. The number of sulfone groups is 1. The fourth-order valence-electron chi connectivity index (χ4n) is 4.22. The van der Waals surface area contributed by atoms with Gasteiger partial charge in [0.2, 0.25) is 0 Å². The molecule has 11 heteroatoms. The second-order valence-electron chi connectivity index (χ2n) is 10.4. The van der Waals surface area contributed by atoms with Gasteiger partial charge in [0.15, 0.2) is 26.8 Å². The van der Waals surface area contributed by atoms with Gasteiger partial charge in [-0.1, -0.05) is 41.9 Å². The minimum Gasteiger partial charge on any atom is -0.464 e.